The largest absolute Gasteiger partial charge is 0.496 e. The zero-order valence-corrected chi connectivity index (χ0v) is 11.4. The minimum atomic E-state index is -0.0814. The van der Waals surface area contributed by atoms with Gasteiger partial charge in [-0.25, -0.2) is 0 Å². The van der Waals surface area contributed by atoms with Crippen molar-refractivity contribution in [2.24, 2.45) is 5.16 Å². The van der Waals surface area contributed by atoms with Crippen molar-refractivity contribution in [1.29, 1.82) is 0 Å². The van der Waals surface area contributed by atoms with Crippen LogP contribution < -0.4 is 4.74 Å². The van der Waals surface area contributed by atoms with Gasteiger partial charge in [0.25, 0.3) is 0 Å². The third kappa shape index (κ3) is 2.85. The van der Waals surface area contributed by atoms with Crippen LogP contribution in [0.1, 0.15) is 21.5 Å². The molecule has 4 nitrogen and oxygen atoms in total. The average molecular weight is 269 g/mol. The summed E-state index contributed by atoms with van der Waals surface area (Å²) in [7, 11) is 3.00. The Balaban J connectivity index is 2.51. The predicted molar refractivity (Wildman–Crippen MR) is 77.5 cm³/mol. The summed E-state index contributed by atoms with van der Waals surface area (Å²) in [5.41, 5.74) is 1.75. The summed E-state index contributed by atoms with van der Waals surface area (Å²) in [5, 5.41) is 3.73. The molecule has 0 amide bonds. The highest BCUT2D eigenvalue weighted by atomic mass is 16.6. The standard InChI is InChI=1S/C16H15NO3/c1-19-15-10-6-9-13(14(15)11-17-20-2)16(18)12-7-4-3-5-8-12/h3-11H,1-2H3/b17-11+. The fourth-order valence-corrected chi connectivity index (χ4v) is 1.90. The van der Waals surface area contributed by atoms with Crippen LogP contribution in [0.2, 0.25) is 0 Å². The lowest BCUT2D eigenvalue weighted by Crippen LogP contribution is -2.06. The number of oxime groups is 1. The van der Waals surface area contributed by atoms with Gasteiger partial charge < -0.3 is 9.57 Å². The Morgan fingerprint density at radius 2 is 1.80 bits per heavy atom. The fraction of sp³-hybridized carbons (Fsp3) is 0.125. The van der Waals surface area contributed by atoms with Gasteiger partial charge in [-0.05, 0) is 6.07 Å². The number of hydrogen-bond donors (Lipinski definition) is 0. The number of ether oxygens (including phenoxy) is 1. The van der Waals surface area contributed by atoms with Crippen molar-refractivity contribution < 1.29 is 14.4 Å². The summed E-state index contributed by atoms with van der Waals surface area (Å²) in [4.78, 5) is 17.2. The molecule has 20 heavy (non-hydrogen) atoms. The number of hydrogen-bond acceptors (Lipinski definition) is 4. The van der Waals surface area contributed by atoms with Crippen molar-refractivity contribution >= 4 is 12.0 Å². The first kappa shape index (κ1) is 13.8. The van der Waals surface area contributed by atoms with Crippen LogP contribution in [0, 0.1) is 0 Å². The third-order valence-corrected chi connectivity index (χ3v) is 2.85. The van der Waals surface area contributed by atoms with E-state index in [4.69, 9.17) is 4.74 Å². The Hall–Kier alpha value is -2.62. The molecule has 2 aromatic carbocycles. The second-order valence-electron chi connectivity index (χ2n) is 4.03. The van der Waals surface area contributed by atoms with Crippen LogP contribution in [-0.2, 0) is 4.84 Å². The molecule has 0 N–H and O–H groups in total. The van der Waals surface area contributed by atoms with E-state index in [1.54, 1.807) is 37.4 Å². The Bertz CT molecular complexity index is 621. The van der Waals surface area contributed by atoms with Gasteiger partial charge in [-0.1, -0.05) is 47.6 Å². The Morgan fingerprint density at radius 1 is 1.05 bits per heavy atom. The van der Waals surface area contributed by atoms with Crippen LogP contribution in [0.5, 0.6) is 5.75 Å². The molecule has 0 aliphatic heterocycles. The van der Waals surface area contributed by atoms with Crippen LogP contribution >= 0.6 is 0 Å². The summed E-state index contributed by atoms with van der Waals surface area (Å²) < 4.78 is 5.27. The van der Waals surface area contributed by atoms with E-state index >= 15 is 0 Å². The van der Waals surface area contributed by atoms with Crippen LogP contribution in [0.25, 0.3) is 0 Å². The van der Waals surface area contributed by atoms with E-state index in [-0.39, 0.29) is 5.78 Å². The molecule has 0 aliphatic carbocycles. The van der Waals surface area contributed by atoms with E-state index in [0.29, 0.717) is 22.4 Å². The normalized spacial score (nSPS) is 10.5. The highest BCUT2D eigenvalue weighted by Gasteiger charge is 2.15. The molecule has 2 rings (SSSR count). The van der Waals surface area contributed by atoms with E-state index in [0.717, 1.165) is 0 Å². The van der Waals surface area contributed by atoms with Crippen LogP contribution in [0.3, 0.4) is 0 Å². The van der Waals surface area contributed by atoms with Crippen molar-refractivity contribution in [1.82, 2.24) is 0 Å². The molecule has 0 atom stereocenters. The van der Waals surface area contributed by atoms with E-state index < -0.39 is 0 Å². The maximum absolute atomic E-state index is 12.5. The average Bonchev–Trinajstić information content (AvgIpc) is 2.52. The summed E-state index contributed by atoms with van der Waals surface area (Å²) in [6.45, 7) is 0. The van der Waals surface area contributed by atoms with E-state index in [2.05, 4.69) is 9.99 Å². The maximum atomic E-state index is 12.5. The molecular formula is C16H15NO3. The second kappa shape index (κ2) is 6.52. The van der Waals surface area contributed by atoms with Gasteiger partial charge in [0.15, 0.2) is 5.78 Å². The van der Waals surface area contributed by atoms with Crippen molar-refractivity contribution in [2.75, 3.05) is 14.2 Å². The van der Waals surface area contributed by atoms with E-state index in [9.17, 15) is 4.79 Å². The molecule has 0 saturated heterocycles. The molecule has 0 heterocycles. The number of methoxy groups -OCH3 is 1. The highest BCUT2D eigenvalue weighted by molar-refractivity contribution is 6.13. The van der Waals surface area contributed by atoms with E-state index in [1.807, 2.05) is 18.2 Å². The first-order chi connectivity index (χ1) is 9.77. The molecule has 0 saturated carbocycles. The minimum absolute atomic E-state index is 0.0814. The third-order valence-electron chi connectivity index (χ3n) is 2.85. The van der Waals surface area contributed by atoms with Gasteiger partial charge in [0, 0.05) is 16.7 Å². The van der Waals surface area contributed by atoms with E-state index in [1.165, 1.54) is 13.3 Å². The SMILES string of the molecule is CO/N=C/c1c(OC)cccc1C(=O)c1ccccc1. The molecule has 0 spiro atoms. The number of carbonyl (C=O) groups excluding carboxylic acids is 1. The summed E-state index contributed by atoms with van der Waals surface area (Å²) in [6.07, 6.45) is 1.48. The number of nitrogens with zero attached hydrogens (tertiary/aromatic N) is 1. The molecule has 0 unspecified atom stereocenters. The molecule has 0 aliphatic rings. The smallest absolute Gasteiger partial charge is 0.193 e. The number of carbonyl (C=O) groups is 1. The molecule has 2 aromatic rings. The minimum Gasteiger partial charge on any atom is -0.496 e. The van der Waals surface area contributed by atoms with Gasteiger partial charge in [0.1, 0.15) is 12.9 Å². The van der Waals surface area contributed by atoms with Crippen LogP contribution in [-0.4, -0.2) is 26.2 Å². The topological polar surface area (TPSA) is 47.9 Å². The maximum Gasteiger partial charge on any atom is 0.193 e. The zero-order chi connectivity index (χ0) is 14.4. The van der Waals surface area contributed by atoms with Crippen molar-refractivity contribution in [3.8, 4) is 5.75 Å². The molecular weight excluding hydrogens is 254 g/mol. The number of ketones is 1. The van der Waals surface area contributed by atoms with Crippen LogP contribution in [0.4, 0.5) is 0 Å². The Labute approximate surface area is 117 Å². The van der Waals surface area contributed by atoms with Gasteiger partial charge >= 0.3 is 0 Å². The number of benzene rings is 2. The lowest BCUT2D eigenvalue weighted by Gasteiger charge is -2.09. The second-order valence-corrected chi connectivity index (χ2v) is 4.03. The van der Waals surface area contributed by atoms with Crippen LogP contribution in [0.15, 0.2) is 53.7 Å². The predicted octanol–water partition coefficient (Wildman–Crippen LogP) is 2.91. The summed E-state index contributed by atoms with van der Waals surface area (Å²) in [5.74, 6) is 0.495. The van der Waals surface area contributed by atoms with Gasteiger partial charge in [-0.15, -0.1) is 0 Å². The monoisotopic (exact) mass is 269 g/mol. The lowest BCUT2D eigenvalue weighted by atomic mass is 9.98. The molecule has 0 bridgehead atoms. The summed E-state index contributed by atoms with van der Waals surface area (Å²) in [6, 6.07) is 14.4. The van der Waals surface area contributed by atoms with Gasteiger partial charge in [0.05, 0.1) is 13.3 Å². The van der Waals surface area contributed by atoms with Crippen molar-refractivity contribution in [3.05, 3.63) is 65.2 Å². The molecule has 0 radical (unpaired) electrons. The Kier molecular flexibility index (Phi) is 4.50. The molecule has 0 aromatic heterocycles. The lowest BCUT2D eigenvalue weighted by molar-refractivity contribution is 0.103. The first-order valence-electron chi connectivity index (χ1n) is 6.11. The quantitative estimate of drug-likeness (QED) is 0.476. The zero-order valence-electron chi connectivity index (χ0n) is 11.4. The van der Waals surface area contributed by atoms with Crippen molar-refractivity contribution in [3.63, 3.8) is 0 Å². The Morgan fingerprint density at radius 3 is 2.45 bits per heavy atom. The highest BCUT2D eigenvalue weighted by Crippen LogP contribution is 2.23. The molecule has 0 fully saturated rings. The number of rotatable bonds is 5. The van der Waals surface area contributed by atoms with Gasteiger partial charge in [0.2, 0.25) is 0 Å². The molecule has 102 valence electrons. The first-order valence-corrected chi connectivity index (χ1v) is 6.11. The molecule has 4 heteroatoms. The van der Waals surface area contributed by atoms with Gasteiger partial charge in [-0.2, -0.15) is 0 Å². The van der Waals surface area contributed by atoms with Gasteiger partial charge in [-0.3, -0.25) is 4.79 Å². The summed E-state index contributed by atoms with van der Waals surface area (Å²) >= 11 is 0. The fourth-order valence-electron chi connectivity index (χ4n) is 1.90. The van der Waals surface area contributed by atoms with Crippen molar-refractivity contribution in [2.45, 2.75) is 0 Å².